The van der Waals surface area contributed by atoms with E-state index in [9.17, 15) is 14.0 Å². The fourth-order valence-corrected chi connectivity index (χ4v) is 3.62. The minimum atomic E-state index is -0.865. The molecule has 33 heavy (non-hydrogen) atoms. The summed E-state index contributed by atoms with van der Waals surface area (Å²) in [6.45, 7) is 0. The zero-order valence-corrected chi connectivity index (χ0v) is 18.9. The van der Waals surface area contributed by atoms with E-state index in [1.54, 1.807) is 12.1 Å². The van der Waals surface area contributed by atoms with Crippen molar-refractivity contribution in [3.8, 4) is 17.2 Å². The van der Waals surface area contributed by atoms with Gasteiger partial charge in [-0.1, -0.05) is 0 Å². The van der Waals surface area contributed by atoms with Crippen LogP contribution in [0.15, 0.2) is 59.9 Å². The number of esters is 2. The number of nitrogens with zero attached hydrogens (tertiary/aromatic N) is 1. The number of carbonyl (C=O) groups excluding carboxylic acids is 2. The first-order valence-corrected chi connectivity index (χ1v) is 9.82. The summed E-state index contributed by atoms with van der Waals surface area (Å²) in [4.78, 5) is 27.2. The first-order chi connectivity index (χ1) is 15.9. The largest absolute Gasteiger partial charge is 0.493 e. The van der Waals surface area contributed by atoms with Gasteiger partial charge in [0.25, 0.3) is 0 Å². The zero-order chi connectivity index (χ0) is 24.1. The molecule has 2 aromatic carbocycles. The van der Waals surface area contributed by atoms with Gasteiger partial charge in [0, 0.05) is 18.1 Å². The smallest absolute Gasteiger partial charge is 0.336 e. The van der Waals surface area contributed by atoms with Gasteiger partial charge < -0.3 is 28.6 Å². The van der Waals surface area contributed by atoms with Gasteiger partial charge in [-0.3, -0.25) is 0 Å². The van der Waals surface area contributed by atoms with Crippen molar-refractivity contribution >= 4 is 17.6 Å². The number of anilines is 1. The molecule has 174 valence electrons. The lowest BCUT2D eigenvalue weighted by Crippen LogP contribution is -2.28. The summed E-state index contributed by atoms with van der Waals surface area (Å²) in [5, 5.41) is 0. The number of halogens is 1. The topological polar surface area (TPSA) is 83.5 Å². The van der Waals surface area contributed by atoms with Crippen LogP contribution in [0.2, 0.25) is 0 Å². The van der Waals surface area contributed by atoms with Crippen molar-refractivity contribution in [3.63, 3.8) is 0 Å². The van der Waals surface area contributed by atoms with Gasteiger partial charge in [0.2, 0.25) is 5.75 Å². The van der Waals surface area contributed by atoms with Crippen LogP contribution in [0, 0.1) is 5.82 Å². The maximum absolute atomic E-state index is 13.4. The summed E-state index contributed by atoms with van der Waals surface area (Å²) < 4.78 is 39.7. The molecule has 3 rings (SSSR count). The summed E-state index contributed by atoms with van der Waals surface area (Å²) in [5.41, 5.74) is 1.34. The molecule has 0 atom stereocenters. The van der Waals surface area contributed by atoms with Crippen molar-refractivity contribution in [1.29, 1.82) is 0 Å². The Bertz CT molecular complexity index is 1050. The first-order valence-electron chi connectivity index (χ1n) is 9.82. The molecule has 0 unspecified atom stereocenters. The van der Waals surface area contributed by atoms with Gasteiger partial charge in [-0.25, -0.2) is 14.0 Å². The minimum Gasteiger partial charge on any atom is -0.493 e. The van der Waals surface area contributed by atoms with Crippen LogP contribution in [-0.2, 0) is 19.1 Å². The molecule has 1 heterocycles. The van der Waals surface area contributed by atoms with Crippen LogP contribution >= 0.6 is 0 Å². The molecular weight excluding hydrogens is 433 g/mol. The van der Waals surface area contributed by atoms with Crippen LogP contribution in [-0.4, -0.2) is 47.5 Å². The average Bonchev–Trinajstić information content (AvgIpc) is 2.86. The molecule has 1 aliphatic heterocycles. The van der Waals surface area contributed by atoms with Gasteiger partial charge in [0.15, 0.2) is 11.5 Å². The Morgan fingerprint density at radius 3 is 1.67 bits per heavy atom. The zero-order valence-electron chi connectivity index (χ0n) is 18.9. The Morgan fingerprint density at radius 2 is 1.27 bits per heavy atom. The summed E-state index contributed by atoms with van der Waals surface area (Å²) in [7, 11) is 6.89. The van der Waals surface area contributed by atoms with E-state index in [-0.39, 0.29) is 11.1 Å². The molecule has 0 fully saturated rings. The third kappa shape index (κ3) is 4.62. The lowest BCUT2D eigenvalue weighted by molar-refractivity contribution is -0.137. The lowest BCUT2D eigenvalue weighted by Gasteiger charge is -2.30. The fraction of sp³-hybridized carbons (Fsp3) is 0.250. The van der Waals surface area contributed by atoms with Crippen molar-refractivity contribution < 1.29 is 37.7 Å². The second kappa shape index (κ2) is 10.1. The predicted octanol–water partition coefficient (Wildman–Crippen LogP) is 3.57. The lowest BCUT2D eigenvalue weighted by atomic mass is 9.83. The SMILES string of the molecule is COC(=O)C1=CN(c2ccc(F)cc2)C=C(C(=O)OC)C1c1cc(OC)c(OC)c(OC)c1. The molecular formula is C24H24FNO7. The fourth-order valence-electron chi connectivity index (χ4n) is 3.62. The number of hydrogen-bond donors (Lipinski definition) is 0. The van der Waals surface area contributed by atoms with E-state index < -0.39 is 23.7 Å². The standard InChI is InChI=1S/C24H24FNO7/c1-29-19-10-14(11-20(30-2)22(19)31-3)21-17(23(27)32-4)12-26(13-18(21)24(28)33-5)16-8-6-15(25)7-9-16/h6-13,21H,1-5H3. The van der Waals surface area contributed by atoms with Crippen molar-refractivity contribution in [3.05, 3.63) is 71.3 Å². The molecule has 0 amide bonds. The highest BCUT2D eigenvalue weighted by Crippen LogP contribution is 2.45. The van der Waals surface area contributed by atoms with Gasteiger partial charge in [0.1, 0.15) is 5.82 Å². The van der Waals surface area contributed by atoms with Crippen molar-refractivity contribution in [2.45, 2.75) is 5.92 Å². The molecule has 1 aliphatic rings. The van der Waals surface area contributed by atoms with E-state index >= 15 is 0 Å². The van der Waals surface area contributed by atoms with Crippen LogP contribution < -0.4 is 19.1 Å². The highest BCUT2D eigenvalue weighted by Gasteiger charge is 2.36. The Kier molecular flexibility index (Phi) is 7.22. The second-order valence-electron chi connectivity index (χ2n) is 6.93. The van der Waals surface area contributed by atoms with Crippen LogP contribution in [0.25, 0.3) is 0 Å². The van der Waals surface area contributed by atoms with E-state index in [1.165, 1.54) is 77.1 Å². The number of ether oxygens (including phenoxy) is 5. The third-order valence-corrected chi connectivity index (χ3v) is 5.17. The van der Waals surface area contributed by atoms with E-state index in [4.69, 9.17) is 23.7 Å². The van der Waals surface area contributed by atoms with Gasteiger partial charge in [0.05, 0.1) is 52.6 Å². The van der Waals surface area contributed by atoms with Crippen LogP contribution in [0.4, 0.5) is 10.1 Å². The minimum absolute atomic E-state index is 0.152. The number of benzene rings is 2. The highest BCUT2D eigenvalue weighted by atomic mass is 19.1. The van der Waals surface area contributed by atoms with E-state index in [0.29, 0.717) is 28.5 Å². The average molecular weight is 457 g/mol. The first kappa shape index (κ1) is 23.6. The molecule has 0 spiro atoms. The summed E-state index contributed by atoms with van der Waals surface area (Å²) >= 11 is 0. The summed E-state index contributed by atoms with van der Waals surface area (Å²) in [6, 6.07) is 8.88. The monoisotopic (exact) mass is 457 g/mol. The summed E-state index contributed by atoms with van der Waals surface area (Å²) in [6.07, 6.45) is 3.05. The molecule has 0 saturated carbocycles. The number of rotatable bonds is 7. The Balaban J connectivity index is 2.25. The number of carbonyl (C=O) groups is 2. The number of methoxy groups -OCH3 is 5. The molecule has 2 aromatic rings. The van der Waals surface area contributed by atoms with Gasteiger partial charge in [-0.2, -0.15) is 0 Å². The highest BCUT2D eigenvalue weighted by molar-refractivity contribution is 6.00. The molecule has 9 heteroatoms. The Morgan fingerprint density at radius 1 is 0.788 bits per heavy atom. The molecule has 0 bridgehead atoms. The molecule has 0 N–H and O–H groups in total. The van der Waals surface area contributed by atoms with Crippen molar-refractivity contribution in [1.82, 2.24) is 0 Å². The van der Waals surface area contributed by atoms with Crippen LogP contribution in [0.5, 0.6) is 17.2 Å². The van der Waals surface area contributed by atoms with Crippen molar-refractivity contribution in [2.24, 2.45) is 0 Å². The van der Waals surface area contributed by atoms with Gasteiger partial charge >= 0.3 is 11.9 Å². The molecule has 0 aliphatic carbocycles. The van der Waals surface area contributed by atoms with Crippen LogP contribution in [0.3, 0.4) is 0 Å². The van der Waals surface area contributed by atoms with E-state index in [2.05, 4.69) is 0 Å². The quantitative estimate of drug-likeness (QED) is 0.584. The Labute approximate surface area is 190 Å². The predicted molar refractivity (Wildman–Crippen MR) is 118 cm³/mol. The van der Waals surface area contributed by atoms with E-state index in [1.807, 2.05) is 0 Å². The number of hydrogen-bond acceptors (Lipinski definition) is 8. The molecule has 8 nitrogen and oxygen atoms in total. The van der Waals surface area contributed by atoms with Gasteiger partial charge in [-0.05, 0) is 42.0 Å². The van der Waals surface area contributed by atoms with Crippen LogP contribution in [0.1, 0.15) is 11.5 Å². The maximum atomic E-state index is 13.4. The van der Waals surface area contributed by atoms with Crippen molar-refractivity contribution in [2.75, 3.05) is 40.4 Å². The molecule has 0 radical (unpaired) electrons. The Hall–Kier alpha value is -4.01. The normalized spacial score (nSPS) is 13.6. The molecule has 0 saturated heterocycles. The molecule has 0 aromatic heterocycles. The third-order valence-electron chi connectivity index (χ3n) is 5.17. The van der Waals surface area contributed by atoms with E-state index in [0.717, 1.165) is 0 Å². The van der Waals surface area contributed by atoms with Gasteiger partial charge in [-0.15, -0.1) is 0 Å². The second-order valence-corrected chi connectivity index (χ2v) is 6.93. The summed E-state index contributed by atoms with van der Waals surface area (Å²) in [5.74, 6) is -1.54. The maximum Gasteiger partial charge on any atom is 0.336 e.